The van der Waals surface area contributed by atoms with Crippen LogP contribution in [0.3, 0.4) is 0 Å². The first-order valence-corrected chi connectivity index (χ1v) is 11.4. The van der Waals surface area contributed by atoms with Crippen molar-refractivity contribution in [3.05, 3.63) is 93.0 Å². The van der Waals surface area contributed by atoms with Crippen LogP contribution >= 0.6 is 22.9 Å². The van der Waals surface area contributed by atoms with E-state index < -0.39 is 10.0 Å². The molecule has 0 saturated carbocycles. The largest absolute Gasteiger partial charge is 0.308 e. The number of hydrogen-bond donors (Lipinski definition) is 0. The number of thiazole rings is 1. The zero-order valence-corrected chi connectivity index (χ0v) is 17.8. The molecule has 0 aliphatic rings. The summed E-state index contributed by atoms with van der Waals surface area (Å²) in [4.78, 5) is 12.5. The molecule has 1 heterocycles. The summed E-state index contributed by atoms with van der Waals surface area (Å²) in [6, 6.07) is 21.0. The third kappa shape index (κ3) is 3.69. The highest BCUT2D eigenvalue weighted by atomic mass is 35.5. The number of anilines is 1. The molecule has 0 spiro atoms. The van der Waals surface area contributed by atoms with Crippen LogP contribution in [0.4, 0.5) is 5.69 Å². The topological polar surface area (TPSA) is 59.4 Å². The van der Waals surface area contributed by atoms with Crippen molar-refractivity contribution in [2.24, 2.45) is 0 Å². The normalized spacial score (nSPS) is 11.7. The number of benzene rings is 3. The maximum absolute atomic E-state index is 13.0. The summed E-state index contributed by atoms with van der Waals surface area (Å²) in [5, 5.41) is 0.586. The monoisotopic (exact) mass is 444 g/mol. The van der Waals surface area contributed by atoms with Crippen LogP contribution in [0.5, 0.6) is 0 Å². The van der Waals surface area contributed by atoms with E-state index in [4.69, 9.17) is 11.6 Å². The average molecular weight is 445 g/mol. The van der Waals surface area contributed by atoms with Crippen molar-refractivity contribution >= 4 is 48.9 Å². The first kappa shape index (κ1) is 19.7. The highest BCUT2D eigenvalue weighted by molar-refractivity contribution is 7.92. The van der Waals surface area contributed by atoms with Gasteiger partial charge in [-0.05, 0) is 42.0 Å². The lowest BCUT2D eigenvalue weighted by Crippen LogP contribution is -2.26. The van der Waals surface area contributed by atoms with E-state index in [9.17, 15) is 13.2 Å². The van der Waals surface area contributed by atoms with Crippen molar-refractivity contribution < 1.29 is 8.42 Å². The Morgan fingerprint density at radius 3 is 2.41 bits per heavy atom. The maximum atomic E-state index is 13.0. The molecule has 0 N–H and O–H groups in total. The Bertz CT molecular complexity index is 1350. The van der Waals surface area contributed by atoms with Crippen LogP contribution in [-0.4, -0.2) is 20.0 Å². The first-order chi connectivity index (χ1) is 13.9. The van der Waals surface area contributed by atoms with Crippen molar-refractivity contribution in [1.82, 2.24) is 4.57 Å². The Labute approximate surface area is 177 Å². The molecule has 8 heteroatoms. The van der Waals surface area contributed by atoms with Gasteiger partial charge in [0.1, 0.15) is 0 Å². The average Bonchev–Trinajstić information content (AvgIpc) is 3.04. The number of rotatable bonds is 5. The number of fused-ring (bicyclic) bond motifs is 1. The van der Waals surface area contributed by atoms with Gasteiger partial charge in [-0.3, -0.25) is 13.7 Å². The van der Waals surface area contributed by atoms with Crippen molar-refractivity contribution in [1.29, 1.82) is 0 Å². The molecule has 4 aromatic rings. The van der Waals surface area contributed by atoms with E-state index in [0.717, 1.165) is 16.9 Å². The second-order valence-corrected chi connectivity index (χ2v) is 9.85. The van der Waals surface area contributed by atoms with Crippen LogP contribution in [0.15, 0.2) is 82.5 Å². The predicted octanol–water partition coefficient (Wildman–Crippen LogP) is 4.59. The Morgan fingerprint density at radius 2 is 1.69 bits per heavy atom. The Hall–Kier alpha value is -2.61. The van der Waals surface area contributed by atoms with Gasteiger partial charge in [0.25, 0.3) is 10.0 Å². The quantitative estimate of drug-likeness (QED) is 0.452. The van der Waals surface area contributed by atoms with Crippen LogP contribution in [0.25, 0.3) is 10.2 Å². The van der Waals surface area contributed by atoms with Crippen molar-refractivity contribution in [3.63, 3.8) is 0 Å². The van der Waals surface area contributed by atoms with Gasteiger partial charge in [-0.25, -0.2) is 8.42 Å². The minimum Gasteiger partial charge on any atom is -0.294 e. The number of hydrogen-bond acceptors (Lipinski definition) is 4. The lowest BCUT2D eigenvalue weighted by molar-refractivity contribution is 0.594. The minimum atomic E-state index is -3.75. The van der Waals surface area contributed by atoms with E-state index in [1.807, 2.05) is 24.3 Å². The van der Waals surface area contributed by atoms with E-state index in [-0.39, 0.29) is 9.77 Å². The van der Waals surface area contributed by atoms with Gasteiger partial charge in [-0.2, -0.15) is 0 Å². The SMILES string of the molecule is CN(c1ccccc1)S(=O)(=O)c1ccc2c(c1)sc(=O)n2Cc1ccccc1Cl. The lowest BCUT2D eigenvalue weighted by atomic mass is 10.2. The molecule has 0 radical (unpaired) electrons. The fraction of sp³-hybridized carbons (Fsp3) is 0.0952. The molecule has 148 valence electrons. The molecule has 0 fully saturated rings. The van der Waals surface area contributed by atoms with Gasteiger partial charge < -0.3 is 0 Å². The van der Waals surface area contributed by atoms with E-state index >= 15 is 0 Å². The number of sulfonamides is 1. The van der Waals surface area contributed by atoms with Gasteiger partial charge in [0, 0.05) is 12.1 Å². The standard InChI is InChI=1S/C21H17ClN2O3S2/c1-23(16-8-3-2-4-9-16)29(26,27)17-11-12-19-20(13-17)28-21(25)24(19)14-15-7-5-6-10-18(15)22/h2-13H,14H2,1H3. The highest BCUT2D eigenvalue weighted by Gasteiger charge is 2.22. The van der Waals surface area contributed by atoms with E-state index in [0.29, 0.717) is 27.5 Å². The molecule has 3 aromatic carbocycles. The molecule has 0 saturated heterocycles. The van der Waals surface area contributed by atoms with E-state index in [1.165, 1.54) is 17.4 Å². The van der Waals surface area contributed by atoms with E-state index in [1.54, 1.807) is 47.0 Å². The van der Waals surface area contributed by atoms with Crippen molar-refractivity contribution in [2.45, 2.75) is 11.4 Å². The predicted molar refractivity (Wildman–Crippen MR) is 119 cm³/mol. The molecule has 4 rings (SSSR count). The summed E-state index contributed by atoms with van der Waals surface area (Å²) < 4.78 is 29.5. The fourth-order valence-electron chi connectivity index (χ4n) is 3.09. The molecule has 0 unspecified atom stereocenters. The second kappa shape index (κ2) is 7.67. The molecular formula is C21H17ClN2O3S2. The summed E-state index contributed by atoms with van der Waals surface area (Å²) in [6.07, 6.45) is 0. The van der Waals surface area contributed by atoms with Crippen LogP contribution in [-0.2, 0) is 16.6 Å². The van der Waals surface area contributed by atoms with Crippen LogP contribution in [0.1, 0.15) is 5.56 Å². The zero-order valence-electron chi connectivity index (χ0n) is 15.4. The zero-order chi connectivity index (χ0) is 20.6. The third-order valence-corrected chi connectivity index (χ3v) is 7.80. The summed E-state index contributed by atoms with van der Waals surface area (Å²) >= 11 is 7.25. The Balaban J connectivity index is 1.74. The molecule has 0 aliphatic carbocycles. The molecule has 29 heavy (non-hydrogen) atoms. The maximum Gasteiger partial charge on any atom is 0.308 e. The molecule has 0 atom stereocenters. The summed E-state index contributed by atoms with van der Waals surface area (Å²) in [5.41, 5.74) is 2.08. The molecule has 0 amide bonds. The minimum absolute atomic E-state index is 0.141. The molecule has 5 nitrogen and oxygen atoms in total. The van der Waals surface area contributed by atoms with Crippen molar-refractivity contribution in [3.8, 4) is 0 Å². The fourth-order valence-corrected chi connectivity index (χ4v) is 5.51. The second-order valence-electron chi connectivity index (χ2n) is 6.48. The van der Waals surface area contributed by atoms with Crippen LogP contribution < -0.4 is 9.18 Å². The van der Waals surface area contributed by atoms with Gasteiger partial charge in [0.15, 0.2) is 0 Å². The Morgan fingerprint density at radius 1 is 1.00 bits per heavy atom. The third-order valence-electron chi connectivity index (χ3n) is 4.70. The van der Waals surface area contributed by atoms with Gasteiger partial charge in [0.2, 0.25) is 0 Å². The number of halogens is 1. The Kier molecular flexibility index (Phi) is 5.21. The molecule has 0 bridgehead atoms. The molecule has 0 aliphatic heterocycles. The molecular weight excluding hydrogens is 428 g/mol. The van der Waals surface area contributed by atoms with Gasteiger partial charge >= 0.3 is 4.87 Å². The number of aromatic nitrogens is 1. The van der Waals surface area contributed by atoms with Gasteiger partial charge in [-0.1, -0.05) is 59.3 Å². The lowest BCUT2D eigenvalue weighted by Gasteiger charge is -2.19. The molecule has 1 aromatic heterocycles. The van der Waals surface area contributed by atoms with Gasteiger partial charge in [0.05, 0.1) is 27.3 Å². The van der Waals surface area contributed by atoms with Gasteiger partial charge in [-0.15, -0.1) is 0 Å². The number of nitrogens with zero attached hydrogens (tertiary/aromatic N) is 2. The first-order valence-electron chi connectivity index (χ1n) is 8.79. The van der Waals surface area contributed by atoms with E-state index in [2.05, 4.69) is 0 Å². The highest BCUT2D eigenvalue weighted by Crippen LogP contribution is 2.27. The van der Waals surface area contributed by atoms with Crippen LogP contribution in [0, 0.1) is 0 Å². The van der Waals surface area contributed by atoms with Crippen LogP contribution in [0.2, 0.25) is 5.02 Å². The van der Waals surface area contributed by atoms with Crippen molar-refractivity contribution in [2.75, 3.05) is 11.4 Å². The summed E-state index contributed by atoms with van der Waals surface area (Å²) in [6.45, 7) is 0.328. The summed E-state index contributed by atoms with van der Waals surface area (Å²) in [5.74, 6) is 0. The number of para-hydroxylation sites is 1. The summed E-state index contributed by atoms with van der Waals surface area (Å²) in [7, 11) is -2.23. The smallest absolute Gasteiger partial charge is 0.294 e.